The molecule has 2 heterocycles. The Labute approximate surface area is 143 Å². The van der Waals surface area contributed by atoms with Crippen molar-refractivity contribution in [2.45, 2.75) is 25.4 Å². The molecule has 0 atom stereocenters. The number of hydrogen-bond donors (Lipinski definition) is 3. The summed E-state index contributed by atoms with van der Waals surface area (Å²) in [6.07, 6.45) is 4.06. The predicted molar refractivity (Wildman–Crippen MR) is 95.6 cm³/mol. The van der Waals surface area contributed by atoms with E-state index in [2.05, 4.69) is 25.6 Å². The second kappa shape index (κ2) is 6.13. The number of halogens is 1. The first-order valence-corrected chi connectivity index (χ1v) is 8.20. The maximum atomic E-state index is 12.2. The largest absolute Gasteiger partial charge is 0.367 e. The minimum Gasteiger partial charge on any atom is -0.367 e. The van der Waals surface area contributed by atoms with Crippen molar-refractivity contribution >= 4 is 34.3 Å². The van der Waals surface area contributed by atoms with E-state index in [9.17, 15) is 4.79 Å². The first-order valence-electron chi connectivity index (χ1n) is 7.82. The average Bonchev–Trinajstić information content (AvgIpc) is 3.38. The summed E-state index contributed by atoms with van der Waals surface area (Å²) in [5.41, 5.74) is 1.23. The summed E-state index contributed by atoms with van der Waals surface area (Å²) in [7, 11) is 0. The van der Waals surface area contributed by atoms with Gasteiger partial charge < -0.3 is 15.6 Å². The van der Waals surface area contributed by atoms with Crippen molar-refractivity contribution in [1.29, 1.82) is 0 Å². The molecule has 2 aromatic heterocycles. The number of aromatic nitrogens is 3. The first kappa shape index (κ1) is 15.0. The van der Waals surface area contributed by atoms with Crippen molar-refractivity contribution in [2.75, 3.05) is 10.6 Å². The summed E-state index contributed by atoms with van der Waals surface area (Å²) in [5, 5.41) is 7.95. The van der Waals surface area contributed by atoms with E-state index < -0.39 is 0 Å². The summed E-state index contributed by atoms with van der Waals surface area (Å²) < 4.78 is 0. The maximum Gasteiger partial charge on any atom is 0.253 e. The second-order valence-corrected chi connectivity index (χ2v) is 6.33. The van der Waals surface area contributed by atoms with Crippen LogP contribution in [0.4, 0.5) is 11.8 Å². The summed E-state index contributed by atoms with van der Waals surface area (Å²) in [4.78, 5) is 23.6. The summed E-state index contributed by atoms with van der Waals surface area (Å²) in [6, 6.07) is 9.58. The van der Waals surface area contributed by atoms with Gasteiger partial charge in [-0.2, -0.15) is 4.98 Å². The zero-order chi connectivity index (χ0) is 16.5. The van der Waals surface area contributed by atoms with Crippen LogP contribution in [0.1, 0.15) is 18.4 Å². The Kier molecular flexibility index (Phi) is 3.82. The standard InChI is InChI=1S/C17H16ClN5O/c18-12-1-4-14-10(8-12)7-11(16(24)22-14)9-20-17-19-6-5-15(23-17)21-13-2-3-13/h1,4-8,13H,2-3,9H2,(H,22,24)(H2,19,20,21,23). The number of aromatic amines is 1. The van der Waals surface area contributed by atoms with Crippen molar-refractivity contribution in [2.24, 2.45) is 0 Å². The molecule has 1 aliphatic rings. The Morgan fingerprint density at radius 1 is 1.25 bits per heavy atom. The molecule has 7 heteroatoms. The van der Waals surface area contributed by atoms with Crippen LogP contribution in [0, 0.1) is 0 Å². The number of nitrogens with one attached hydrogen (secondary N) is 3. The molecule has 3 N–H and O–H groups in total. The average molecular weight is 342 g/mol. The van der Waals surface area contributed by atoms with E-state index in [1.54, 1.807) is 18.3 Å². The van der Waals surface area contributed by atoms with E-state index in [-0.39, 0.29) is 5.56 Å². The van der Waals surface area contributed by atoms with Crippen LogP contribution in [0.5, 0.6) is 0 Å². The van der Waals surface area contributed by atoms with E-state index in [1.165, 1.54) is 12.8 Å². The van der Waals surface area contributed by atoms with E-state index in [4.69, 9.17) is 11.6 Å². The smallest absolute Gasteiger partial charge is 0.253 e. The molecule has 24 heavy (non-hydrogen) atoms. The number of rotatable bonds is 5. The molecule has 3 aromatic rings. The molecule has 0 spiro atoms. The van der Waals surface area contributed by atoms with Gasteiger partial charge in [0.1, 0.15) is 5.82 Å². The van der Waals surface area contributed by atoms with Crippen molar-refractivity contribution in [3.05, 3.63) is 57.5 Å². The third kappa shape index (κ3) is 3.33. The van der Waals surface area contributed by atoms with Gasteiger partial charge >= 0.3 is 0 Å². The van der Waals surface area contributed by atoms with Crippen molar-refractivity contribution in [1.82, 2.24) is 15.0 Å². The van der Waals surface area contributed by atoms with Crippen LogP contribution in [0.15, 0.2) is 41.3 Å². The molecule has 1 aliphatic carbocycles. The van der Waals surface area contributed by atoms with Crippen LogP contribution < -0.4 is 16.2 Å². The number of H-pyrrole nitrogens is 1. The summed E-state index contributed by atoms with van der Waals surface area (Å²) >= 11 is 6.01. The molecule has 0 aliphatic heterocycles. The molecule has 122 valence electrons. The molecule has 0 radical (unpaired) electrons. The van der Waals surface area contributed by atoms with E-state index in [0.29, 0.717) is 29.1 Å². The Morgan fingerprint density at radius 2 is 2.12 bits per heavy atom. The number of fused-ring (bicyclic) bond motifs is 1. The summed E-state index contributed by atoms with van der Waals surface area (Å²) in [5.74, 6) is 1.29. The zero-order valence-electron chi connectivity index (χ0n) is 12.8. The van der Waals surface area contributed by atoms with Crippen LogP contribution >= 0.6 is 11.6 Å². The van der Waals surface area contributed by atoms with Crippen molar-refractivity contribution in [3.8, 4) is 0 Å². The van der Waals surface area contributed by atoms with Gasteiger partial charge in [-0.1, -0.05) is 11.6 Å². The van der Waals surface area contributed by atoms with E-state index in [1.807, 2.05) is 18.2 Å². The topological polar surface area (TPSA) is 82.7 Å². The molecule has 6 nitrogen and oxygen atoms in total. The lowest BCUT2D eigenvalue weighted by Crippen LogP contribution is -2.16. The summed E-state index contributed by atoms with van der Waals surface area (Å²) in [6.45, 7) is 0.338. The van der Waals surface area contributed by atoms with Gasteiger partial charge in [0.2, 0.25) is 5.95 Å². The molecule has 0 bridgehead atoms. The van der Waals surface area contributed by atoms with Crippen LogP contribution in [0.2, 0.25) is 5.02 Å². The minimum absolute atomic E-state index is 0.135. The van der Waals surface area contributed by atoms with Crippen LogP contribution in [-0.4, -0.2) is 21.0 Å². The lowest BCUT2D eigenvalue weighted by atomic mass is 10.1. The Bertz CT molecular complexity index is 951. The highest BCUT2D eigenvalue weighted by Crippen LogP contribution is 2.23. The van der Waals surface area contributed by atoms with E-state index >= 15 is 0 Å². The van der Waals surface area contributed by atoms with Gasteiger partial charge in [0.15, 0.2) is 0 Å². The third-order valence-electron chi connectivity index (χ3n) is 3.91. The maximum absolute atomic E-state index is 12.2. The fourth-order valence-corrected chi connectivity index (χ4v) is 2.67. The number of hydrogen-bond acceptors (Lipinski definition) is 5. The van der Waals surface area contributed by atoms with Gasteiger partial charge in [0.25, 0.3) is 5.56 Å². The van der Waals surface area contributed by atoms with Gasteiger partial charge in [-0.3, -0.25) is 4.79 Å². The second-order valence-electron chi connectivity index (χ2n) is 5.89. The zero-order valence-corrected chi connectivity index (χ0v) is 13.6. The number of pyridine rings is 1. The predicted octanol–water partition coefficient (Wildman–Crippen LogP) is 3.16. The molecule has 4 rings (SSSR count). The van der Waals surface area contributed by atoms with Crippen LogP contribution in [0.25, 0.3) is 10.9 Å². The van der Waals surface area contributed by atoms with Crippen molar-refractivity contribution < 1.29 is 0 Å². The molecule has 0 saturated heterocycles. The molecule has 1 saturated carbocycles. The minimum atomic E-state index is -0.135. The Morgan fingerprint density at radius 3 is 2.96 bits per heavy atom. The van der Waals surface area contributed by atoms with Gasteiger partial charge in [-0.25, -0.2) is 4.98 Å². The number of nitrogens with zero attached hydrogens (tertiary/aromatic N) is 2. The molecule has 1 fully saturated rings. The fourth-order valence-electron chi connectivity index (χ4n) is 2.49. The molecular formula is C17H16ClN5O. The molecular weight excluding hydrogens is 326 g/mol. The Balaban J connectivity index is 1.53. The first-order chi connectivity index (χ1) is 11.7. The van der Waals surface area contributed by atoms with Crippen LogP contribution in [0.3, 0.4) is 0 Å². The molecule has 0 amide bonds. The van der Waals surface area contributed by atoms with Gasteiger partial charge in [0, 0.05) is 40.3 Å². The lowest BCUT2D eigenvalue weighted by molar-refractivity contribution is 1.02. The van der Waals surface area contributed by atoms with Gasteiger partial charge in [-0.15, -0.1) is 0 Å². The monoisotopic (exact) mass is 341 g/mol. The molecule has 1 aromatic carbocycles. The molecule has 0 unspecified atom stereocenters. The third-order valence-corrected chi connectivity index (χ3v) is 4.14. The van der Waals surface area contributed by atoms with Gasteiger partial charge in [0.05, 0.1) is 0 Å². The lowest BCUT2D eigenvalue weighted by Gasteiger charge is -2.08. The quantitative estimate of drug-likeness (QED) is 0.664. The van der Waals surface area contributed by atoms with Crippen LogP contribution in [-0.2, 0) is 6.54 Å². The SMILES string of the molecule is O=c1[nH]c2ccc(Cl)cc2cc1CNc1nccc(NC2CC2)n1. The number of anilines is 2. The number of benzene rings is 1. The van der Waals surface area contributed by atoms with Gasteiger partial charge in [-0.05, 0) is 43.2 Å². The highest BCUT2D eigenvalue weighted by Gasteiger charge is 2.21. The van der Waals surface area contributed by atoms with Crippen molar-refractivity contribution in [3.63, 3.8) is 0 Å². The highest BCUT2D eigenvalue weighted by atomic mass is 35.5. The van der Waals surface area contributed by atoms with E-state index in [0.717, 1.165) is 16.7 Å². The highest BCUT2D eigenvalue weighted by molar-refractivity contribution is 6.31. The fraction of sp³-hybridized carbons (Fsp3) is 0.235. The normalized spacial score (nSPS) is 13.9. The Hall–Kier alpha value is -2.60.